The van der Waals surface area contributed by atoms with Gasteiger partial charge in [-0.2, -0.15) is 5.10 Å². The van der Waals surface area contributed by atoms with Crippen LogP contribution in [0.2, 0.25) is 0 Å². The average molecular weight is 407 g/mol. The van der Waals surface area contributed by atoms with E-state index in [1.54, 1.807) is 13.2 Å². The number of nitrogens with zero attached hydrogens (tertiary/aromatic N) is 6. The summed E-state index contributed by atoms with van der Waals surface area (Å²) in [4.78, 5) is 41.6. The van der Waals surface area contributed by atoms with Gasteiger partial charge in [0.2, 0.25) is 5.91 Å². The molecule has 4 rings (SSSR count). The minimum atomic E-state index is -0.579. The zero-order chi connectivity index (χ0) is 21.3. The van der Waals surface area contributed by atoms with Crippen molar-refractivity contribution in [3.8, 4) is 0 Å². The van der Waals surface area contributed by atoms with Crippen molar-refractivity contribution in [2.24, 2.45) is 14.1 Å². The highest BCUT2D eigenvalue weighted by atomic mass is 16.2. The summed E-state index contributed by atoms with van der Waals surface area (Å²) in [5, 5.41) is 6.93. The molecule has 4 aromatic rings. The predicted molar refractivity (Wildman–Crippen MR) is 110 cm³/mol. The van der Waals surface area contributed by atoms with E-state index >= 15 is 0 Å². The van der Waals surface area contributed by atoms with Crippen LogP contribution in [-0.4, -0.2) is 34.4 Å². The van der Waals surface area contributed by atoms with Crippen LogP contribution in [0.4, 0.5) is 0 Å². The van der Waals surface area contributed by atoms with Gasteiger partial charge >= 0.3 is 5.69 Å². The van der Waals surface area contributed by atoms with Crippen molar-refractivity contribution in [1.29, 1.82) is 0 Å². The van der Waals surface area contributed by atoms with E-state index in [2.05, 4.69) is 15.4 Å². The van der Waals surface area contributed by atoms with Crippen LogP contribution in [0, 0.1) is 0 Å². The Morgan fingerprint density at radius 2 is 1.83 bits per heavy atom. The van der Waals surface area contributed by atoms with Gasteiger partial charge in [-0.15, -0.1) is 0 Å². The van der Waals surface area contributed by atoms with E-state index in [1.807, 2.05) is 41.2 Å². The van der Waals surface area contributed by atoms with Crippen LogP contribution < -0.4 is 16.6 Å². The molecular formula is C20H21N7O3. The molecule has 0 fully saturated rings. The first-order valence-electron chi connectivity index (χ1n) is 9.37. The van der Waals surface area contributed by atoms with Gasteiger partial charge < -0.3 is 9.88 Å². The molecule has 0 aliphatic carbocycles. The Morgan fingerprint density at radius 1 is 1.10 bits per heavy atom. The van der Waals surface area contributed by atoms with Gasteiger partial charge in [0.15, 0.2) is 11.2 Å². The summed E-state index contributed by atoms with van der Waals surface area (Å²) in [5.41, 5.74) is 1.45. The summed E-state index contributed by atoms with van der Waals surface area (Å²) in [5.74, 6) is -0.420. The lowest BCUT2D eigenvalue weighted by molar-refractivity contribution is -0.121. The van der Waals surface area contributed by atoms with Crippen LogP contribution >= 0.6 is 0 Å². The number of nitrogens with one attached hydrogen (secondary N) is 1. The largest absolute Gasteiger partial charge is 0.350 e. The van der Waals surface area contributed by atoms with Crippen molar-refractivity contribution in [1.82, 2.24) is 33.8 Å². The SMILES string of the molecule is Cn1cnc2c1c(=O)n(CC(=O)NCc1ccc(Cn3cccn3)cc1)c(=O)n2C. The summed E-state index contributed by atoms with van der Waals surface area (Å²) in [6.45, 7) is 0.607. The Hall–Kier alpha value is -3.95. The summed E-state index contributed by atoms with van der Waals surface area (Å²) in [6, 6.07) is 9.66. The van der Waals surface area contributed by atoms with Crippen LogP contribution in [0.3, 0.4) is 0 Å². The number of hydrogen-bond acceptors (Lipinski definition) is 5. The maximum absolute atomic E-state index is 12.7. The molecular weight excluding hydrogens is 386 g/mol. The molecule has 3 aromatic heterocycles. The third kappa shape index (κ3) is 3.66. The van der Waals surface area contributed by atoms with Crippen LogP contribution in [0.1, 0.15) is 11.1 Å². The number of rotatable bonds is 6. The molecule has 0 unspecified atom stereocenters. The molecule has 1 N–H and O–H groups in total. The van der Waals surface area contributed by atoms with E-state index in [9.17, 15) is 14.4 Å². The van der Waals surface area contributed by atoms with Crippen molar-refractivity contribution >= 4 is 17.1 Å². The first-order chi connectivity index (χ1) is 14.4. The first-order valence-corrected chi connectivity index (χ1v) is 9.37. The molecule has 10 heteroatoms. The molecule has 0 aliphatic rings. The number of imidazole rings is 1. The zero-order valence-electron chi connectivity index (χ0n) is 16.6. The molecule has 0 radical (unpaired) electrons. The summed E-state index contributed by atoms with van der Waals surface area (Å²) < 4.78 is 5.55. The lowest BCUT2D eigenvalue weighted by Gasteiger charge is -2.10. The number of carbonyl (C=O) groups is 1. The van der Waals surface area contributed by atoms with Crippen molar-refractivity contribution in [3.63, 3.8) is 0 Å². The van der Waals surface area contributed by atoms with Gasteiger partial charge in [0.05, 0.1) is 12.9 Å². The maximum Gasteiger partial charge on any atom is 0.332 e. The monoisotopic (exact) mass is 407 g/mol. The van der Waals surface area contributed by atoms with Gasteiger partial charge in [-0.3, -0.25) is 18.8 Å². The molecule has 1 amide bonds. The van der Waals surface area contributed by atoms with E-state index in [0.717, 1.165) is 15.7 Å². The molecule has 3 heterocycles. The van der Waals surface area contributed by atoms with E-state index in [4.69, 9.17) is 0 Å². The minimum absolute atomic E-state index is 0.276. The Bertz CT molecular complexity index is 1310. The van der Waals surface area contributed by atoms with Crippen LogP contribution in [0.5, 0.6) is 0 Å². The average Bonchev–Trinajstić information content (AvgIpc) is 3.39. The molecule has 0 saturated carbocycles. The maximum atomic E-state index is 12.7. The van der Waals surface area contributed by atoms with E-state index in [1.165, 1.54) is 22.5 Å². The van der Waals surface area contributed by atoms with E-state index in [-0.39, 0.29) is 12.1 Å². The second kappa shape index (κ2) is 7.82. The number of amides is 1. The zero-order valence-corrected chi connectivity index (χ0v) is 16.6. The molecule has 1 aromatic carbocycles. The Labute approximate surface area is 171 Å². The molecule has 0 aliphatic heterocycles. The van der Waals surface area contributed by atoms with Crippen molar-refractivity contribution in [2.75, 3.05) is 0 Å². The molecule has 0 bridgehead atoms. The molecule has 30 heavy (non-hydrogen) atoms. The van der Waals surface area contributed by atoms with E-state index < -0.39 is 17.2 Å². The predicted octanol–water partition coefficient (Wildman–Crippen LogP) is -0.00510. The topological polar surface area (TPSA) is 109 Å². The Balaban J connectivity index is 1.44. The van der Waals surface area contributed by atoms with Crippen molar-refractivity contribution in [3.05, 3.63) is 81.0 Å². The van der Waals surface area contributed by atoms with Gasteiger partial charge in [0, 0.05) is 33.0 Å². The second-order valence-electron chi connectivity index (χ2n) is 7.06. The van der Waals surface area contributed by atoms with Gasteiger partial charge in [-0.1, -0.05) is 24.3 Å². The third-order valence-corrected chi connectivity index (χ3v) is 4.92. The number of hydrogen-bond donors (Lipinski definition) is 1. The van der Waals surface area contributed by atoms with Gasteiger partial charge in [-0.05, 0) is 17.2 Å². The fourth-order valence-corrected chi connectivity index (χ4v) is 3.28. The lowest BCUT2D eigenvalue weighted by atomic mass is 10.1. The third-order valence-electron chi connectivity index (χ3n) is 4.92. The van der Waals surface area contributed by atoms with Gasteiger partial charge in [0.25, 0.3) is 5.56 Å². The highest BCUT2D eigenvalue weighted by Crippen LogP contribution is 2.06. The highest BCUT2D eigenvalue weighted by Gasteiger charge is 2.16. The number of aromatic nitrogens is 6. The van der Waals surface area contributed by atoms with Crippen molar-refractivity contribution < 1.29 is 4.79 Å². The molecule has 0 spiro atoms. The number of carbonyl (C=O) groups excluding carboxylic acids is 1. The van der Waals surface area contributed by atoms with Crippen LogP contribution in [0.15, 0.2) is 58.6 Å². The fourth-order valence-electron chi connectivity index (χ4n) is 3.28. The Kier molecular flexibility index (Phi) is 5.05. The Morgan fingerprint density at radius 3 is 2.53 bits per heavy atom. The van der Waals surface area contributed by atoms with Crippen molar-refractivity contribution in [2.45, 2.75) is 19.6 Å². The van der Waals surface area contributed by atoms with E-state index in [0.29, 0.717) is 18.7 Å². The number of fused-ring (bicyclic) bond motifs is 1. The second-order valence-corrected chi connectivity index (χ2v) is 7.06. The number of aryl methyl sites for hydroxylation is 2. The fraction of sp³-hybridized carbons (Fsp3) is 0.250. The first kappa shape index (κ1) is 19.4. The molecule has 0 atom stereocenters. The number of benzene rings is 1. The standard InChI is InChI=1S/C20H21N7O3/c1-24-13-22-18-17(24)19(29)27(20(30)25(18)2)12-16(28)21-10-14-4-6-15(7-5-14)11-26-9-3-8-23-26/h3-9,13H,10-12H2,1-2H3,(H,21,28). The van der Waals surface area contributed by atoms with Crippen LogP contribution in [-0.2, 0) is 38.5 Å². The minimum Gasteiger partial charge on any atom is -0.350 e. The molecule has 154 valence electrons. The normalized spacial score (nSPS) is 11.1. The quantitative estimate of drug-likeness (QED) is 0.484. The molecule has 0 saturated heterocycles. The smallest absolute Gasteiger partial charge is 0.332 e. The lowest BCUT2D eigenvalue weighted by Crippen LogP contribution is -2.43. The summed E-state index contributed by atoms with van der Waals surface area (Å²) in [7, 11) is 3.19. The molecule has 10 nitrogen and oxygen atoms in total. The van der Waals surface area contributed by atoms with Crippen LogP contribution in [0.25, 0.3) is 11.2 Å². The summed E-state index contributed by atoms with van der Waals surface area (Å²) >= 11 is 0. The highest BCUT2D eigenvalue weighted by molar-refractivity contribution is 5.76. The van der Waals surface area contributed by atoms with Gasteiger partial charge in [0.1, 0.15) is 6.54 Å². The summed E-state index contributed by atoms with van der Waals surface area (Å²) in [6.07, 6.45) is 5.09. The van der Waals surface area contributed by atoms with Gasteiger partial charge in [-0.25, -0.2) is 14.3 Å².